The maximum Gasteiger partial charge on any atom is 0.409 e. The highest BCUT2D eigenvalue weighted by molar-refractivity contribution is 5.67. The first-order chi connectivity index (χ1) is 14.5. The molecule has 0 unspecified atom stereocenters. The maximum atomic E-state index is 13.2. The van der Waals surface area contributed by atoms with E-state index in [9.17, 15) is 9.18 Å². The molecule has 0 N–H and O–H groups in total. The molecule has 2 bridgehead atoms. The molecule has 0 atom stereocenters. The molecule has 160 valence electrons. The van der Waals surface area contributed by atoms with Crippen LogP contribution in [0.3, 0.4) is 0 Å². The average Bonchev–Trinajstić information content (AvgIpc) is 2.79. The minimum absolute atomic E-state index is 0.201. The molecule has 3 aliphatic rings. The van der Waals surface area contributed by atoms with E-state index in [-0.39, 0.29) is 17.3 Å². The van der Waals surface area contributed by atoms with Crippen molar-refractivity contribution in [3.8, 4) is 0 Å². The SMILES string of the molecule is CN(CCc1ccccc1Cc1ccc(F)cc1)C(=O)OCC12CCN(CC1)CC2. The predicted molar refractivity (Wildman–Crippen MR) is 116 cm³/mol. The lowest BCUT2D eigenvalue weighted by atomic mass is 9.73. The number of rotatable bonds is 7. The van der Waals surface area contributed by atoms with Crippen LogP contribution in [0.2, 0.25) is 0 Å². The molecular weight excluding hydrogens is 379 g/mol. The first-order valence-corrected chi connectivity index (χ1v) is 10.9. The van der Waals surface area contributed by atoms with E-state index in [1.807, 2.05) is 31.3 Å². The molecule has 2 aromatic carbocycles. The van der Waals surface area contributed by atoms with Crippen molar-refractivity contribution in [1.29, 1.82) is 0 Å². The Morgan fingerprint density at radius 3 is 2.33 bits per heavy atom. The monoisotopic (exact) mass is 410 g/mol. The first-order valence-electron chi connectivity index (χ1n) is 10.9. The van der Waals surface area contributed by atoms with E-state index in [2.05, 4.69) is 17.0 Å². The van der Waals surface area contributed by atoms with Gasteiger partial charge < -0.3 is 14.5 Å². The van der Waals surface area contributed by atoms with Gasteiger partial charge in [-0.15, -0.1) is 0 Å². The number of benzene rings is 2. The number of piperidine rings is 3. The van der Waals surface area contributed by atoms with Crippen molar-refractivity contribution < 1.29 is 13.9 Å². The van der Waals surface area contributed by atoms with E-state index >= 15 is 0 Å². The van der Waals surface area contributed by atoms with Crippen molar-refractivity contribution in [3.63, 3.8) is 0 Å². The number of carbonyl (C=O) groups excluding carboxylic acids is 1. The van der Waals surface area contributed by atoms with Gasteiger partial charge in [-0.25, -0.2) is 9.18 Å². The Hall–Kier alpha value is -2.40. The summed E-state index contributed by atoms with van der Waals surface area (Å²) in [6, 6.07) is 14.9. The highest BCUT2D eigenvalue weighted by Gasteiger charge is 2.40. The molecule has 0 aromatic heterocycles. The Kier molecular flexibility index (Phi) is 6.38. The van der Waals surface area contributed by atoms with Crippen LogP contribution in [0.15, 0.2) is 48.5 Å². The molecular formula is C25H31FN2O2. The van der Waals surface area contributed by atoms with E-state index in [0.717, 1.165) is 57.3 Å². The van der Waals surface area contributed by atoms with E-state index in [1.165, 1.54) is 23.3 Å². The number of hydrogen-bond donors (Lipinski definition) is 0. The average molecular weight is 411 g/mol. The van der Waals surface area contributed by atoms with Gasteiger partial charge in [-0.05, 0) is 80.6 Å². The summed E-state index contributed by atoms with van der Waals surface area (Å²) in [5, 5.41) is 0. The Morgan fingerprint density at radius 2 is 1.67 bits per heavy atom. The standard InChI is InChI=1S/C25H31FN2O2/c1-27(24(29)30-19-25-11-15-28(16-12-25)17-13-25)14-10-21-4-2-3-5-22(21)18-20-6-8-23(26)9-7-20/h2-9H,10-19H2,1H3. The molecule has 0 radical (unpaired) electrons. The second-order valence-electron chi connectivity index (χ2n) is 8.89. The fourth-order valence-corrected chi connectivity index (χ4v) is 4.61. The van der Waals surface area contributed by atoms with Crippen LogP contribution >= 0.6 is 0 Å². The van der Waals surface area contributed by atoms with Crippen LogP contribution in [0.1, 0.15) is 36.0 Å². The van der Waals surface area contributed by atoms with E-state index in [1.54, 1.807) is 4.90 Å². The summed E-state index contributed by atoms with van der Waals surface area (Å²) in [7, 11) is 1.81. The van der Waals surface area contributed by atoms with Crippen LogP contribution in [0.25, 0.3) is 0 Å². The maximum absolute atomic E-state index is 13.2. The van der Waals surface area contributed by atoms with Crippen molar-refractivity contribution in [1.82, 2.24) is 9.80 Å². The highest BCUT2D eigenvalue weighted by atomic mass is 19.1. The lowest BCUT2D eigenvalue weighted by Gasteiger charge is -2.47. The quantitative estimate of drug-likeness (QED) is 0.673. The van der Waals surface area contributed by atoms with Gasteiger partial charge in [0.2, 0.25) is 0 Å². The van der Waals surface area contributed by atoms with Gasteiger partial charge >= 0.3 is 6.09 Å². The van der Waals surface area contributed by atoms with Crippen LogP contribution in [0, 0.1) is 11.2 Å². The van der Waals surface area contributed by atoms with E-state index in [0.29, 0.717) is 13.2 Å². The minimum atomic E-state index is -0.228. The van der Waals surface area contributed by atoms with Gasteiger partial charge in [0.1, 0.15) is 5.82 Å². The summed E-state index contributed by atoms with van der Waals surface area (Å²) in [5.74, 6) is -0.217. The summed E-state index contributed by atoms with van der Waals surface area (Å²) in [5.41, 5.74) is 3.69. The number of fused-ring (bicyclic) bond motifs is 3. The number of ether oxygens (including phenoxy) is 1. The number of nitrogens with zero attached hydrogens (tertiary/aromatic N) is 2. The summed E-state index contributed by atoms with van der Waals surface area (Å²) >= 11 is 0. The molecule has 5 heteroatoms. The Balaban J connectivity index is 1.29. The number of carbonyl (C=O) groups is 1. The fraction of sp³-hybridized carbons (Fsp3) is 0.480. The molecule has 2 aromatic rings. The van der Waals surface area contributed by atoms with Crippen molar-refractivity contribution in [2.45, 2.75) is 32.1 Å². The van der Waals surface area contributed by atoms with Crippen molar-refractivity contribution >= 4 is 6.09 Å². The smallest absolute Gasteiger partial charge is 0.409 e. The number of halogens is 1. The molecule has 0 aliphatic carbocycles. The van der Waals surface area contributed by atoms with Crippen LogP contribution in [-0.2, 0) is 17.6 Å². The zero-order valence-electron chi connectivity index (χ0n) is 17.8. The number of likely N-dealkylation sites (N-methyl/N-ethyl adjacent to an activating group) is 1. The summed E-state index contributed by atoms with van der Waals surface area (Å²) < 4.78 is 18.9. The molecule has 3 aliphatic heterocycles. The van der Waals surface area contributed by atoms with Crippen LogP contribution < -0.4 is 0 Å². The van der Waals surface area contributed by atoms with Gasteiger partial charge in [-0.3, -0.25) is 0 Å². The van der Waals surface area contributed by atoms with Gasteiger partial charge in [0, 0.05) is 19.0 Å². The molecule has 3 heterocycles. The Morgan fingerprint density at radius 1 is 1.03 bits per heavy atom. The van der Waals surface area contributed by atoms with E-state index < -0.39 is 0 Å². The molecule has 0 saturated carbocycles. The van der Waals surface area contributed by atoms with E-state index in [4.69, 9.17) is 4.74 Å². The van der Waals surface area contributed by atoms with Crippen LogP contribution in [-0.4, -0.2) is 55.7 Å². The second-order valence-corrected chi connectivity index (χ2v) is 8.89. The summed E-state index contributed by atoms with van der Waals surface area (Å²) in [6.07, 6.45) is 4.71. The largest absolute Gasteiger partial charge is 0.449 e. The third kappa shape index (κ3) is 5.01. The van der Waals surface area contributed by atoms with Crippen molar-refractivity contribution in [2.75, 3.05) is 39.8 Å². The fourth-order valence-electron chi connectivity index (χ4n) is 4.61. The van der Waals surface area contributed by atoms with Gasteiger partial charge in [0.15, 0.2) is 0 Å². The van der Waals surface area contributed by atoms with Crippen LogP contribution in [0.4, 0.5) is 9.18 Å². The van der Waals surface area contributed by atoms with Crippen LogP contribution in [0.5, 0.6) is 0 Å². The van der Waals surface area contributed by atoms with Crippen molar-refractivity contribution in [3.05, 3.63) is 71.0 Å². The van der Waals surface area contributed by atoms with Crippen molar-refractivity contribution in [2.24, 2.45) is 5.41 Å². The first kappa shape index (κ1) is 20.9. The molecule has 4 nitrogen and oxygen atoms in total. The molecule has 30 heavy (non-hydrogen) atoms. The molecule has 5 rings (SSSR count). The second kappa shape index (κ2) is 9.17. The summed E-state index contributed by atoms with van der Waals surface area (Å²) in [4.78, 5) is 16.7. The zero-order valence-corrected chi connectivity index (χ0v) is 17.8. The van der Waals surface area contributed by atoms with Gasteiger partial charge in [-0.2, -0.15) is 0 Å². The summed E-state index contributed by atoms with van der Waals surface area (Å²) in [6.45, 7) is 4.57. The predicted octanol–water partition coefficient (Wildman–Crippen LogP) is 4.51. The van der Waals surface area contributed by atoms with Gasteiger partial charge in [-0.1, -0.05) is 36.4 Å². The molecule has 0 spiro atoms. The normalized spacial score (nSPS) is 22.7. The van der Waals surface area contributed by atoms with Gasteiger partial charge in [0.25, 0.3) is 0 Å². The Labute approximate surface area is 178 Å². The molecule has 3 fully saturated rings. The van der Waals surface area contributed by atoms with Gasteiger partial charge in [0.05, 0.1) is 6.61 Å². The third-order valence-corrected chi connectivity index (χ3v) is 6.83. The topological polar surface area (TPSA) is 32.8 Å². The lowest BCUT2D eigenvalue weighted by Crippen LogP contribution is -2.50. The highest BCUT2D eigenvalue weighted by Crippen LogP contribution is 2.40. The number of hydrogen-bond acceptors (Lipinski definition) is 3. The Bertz CT molecular complexity index is 846. The lowest BCUT2D eigenvalue weighted by molar-refractivity contribution is -0.0269. The third-order valence-electron chi connectivity index (χ3n) is 6.83. The minimum Gasteiger partial charge on any atom is -0.449 e. The zero-order chi connectivity index (χ0) is 21.0. The number of amides is 1. The molecule has 1 amide bonds. The molecule has 3 saturated heterocycles.